The lowest BCUT2D eigenvalue weighted by atomic mass is 10.1. The Morgan fingerprint density at radius 2 is 1.55 bits per heavy atom. The van der Waals surface area contributed by atoms with E-state index in [1.54, 1.807) is 24.3 Å². The number of carbonyl (C=O) groups excluding carboxylic acids is 1. The van der Waals surface area contributed by atoms with Crippen LogP contribution in [-0.4, -0.2) is 27.5 Å². The molecule has 8 heteroatoms. The molecule has 7 nitrogen and oxygen atoms in total. The molecule has 0 unspecified atom stereocenters. The SMILES string of the molecule is COc1ccccc1NS(=O)(=O)c1ccc(C(=O)NCc2ccc(COC(C)C)cc2)cc1. The minimum absolute atomic E-state index is 0.0455. The topological polar surface area (TPSA) is 93.7 Å². The summed E-state index contributed by atoms with van der Waals surface area (Å²) in [5.41, 5.74) is 2.73. The molecule has 0 aliphatic rings. The highest BCUT2D eigenvalue weighted by Crippen LogP contribution is 2.26. The number of amides is 1. The lowest BCUT2D eigenvalue weighted by molar-refractivity contribution is 0.0657. The van der Waals surface area contributed by atoms with E-state index in [1.807, 2.05) is 38.1 Å². The van der Waals surface area contributed by atoms with Gasteiger partial charge in [0.15, 0.2) is 0 Å². The summed E-state index contributed by atoms with van der Waals surface area (Å²) in [4.78, 5) is 12.5. The largest absolute Gasteiger partial charge is 0.495 e. The molecule has 0 atom stereocenters. The lowest BCUT2D eigenvalue weighted by Crippen LogP contribution is -2.23. The Bertz CT molecular complexity index is 1170. The number of anilines is 1. The number of carbonyl (C=O) groups is 1. The van der Waals surface area contributed by atoms with Crippen LogP contribution in [0, 0.1) is 0 Å². The van der Waals surface area contributed by atoms with E-state index in [4.69, 9.17) is 9.47 Å². The summed E-state index contributed by atoms with van der Waals surface area (Å²) < 4.78 is 38.7. The Balaban J connectivity index is 1.59. The van der Waals surface area contributed by atoms with E-state index in [1.165, 1.54) is 31.4 Å². The van der Waals surface area contributed by atoms with Crippen molar-refractivity contribution in [1.29, 1.82) is 0 Å². The third-order valence-electron chi connectivity index (χ3n) is 4.84. The van der Waals surface area contributed by atoms with E-state index in [-0.39, 0.29) is 16.9 Å². The third-order valence-corrected chi connectivity index (χ3v) is 6.22. The molecule has 3 aromatic carbocycles. The zero-order chi connectivity index (χ0) is 23.8. The van der Waals surface area contributed by atoms with Crippen LogP contribution in [0.4, 0.5) is 5.69 Å². The molecule has 0 spiro atoms. The van der Waals surface area contributed by atoms with Crippen molar-refractivity contribution in [3.63, 3.8) is 0 Å². The van der Waals surface area contributed by atoms with Crippen molar-refractivity contribution in [2.45, 2.75) is 38.0 Å². The van der Waals surface area contributed by atoms with Crippen LogP contribution in [0.1, 0.15) is 35.3 Å². The Hall–Kier alpha value is -3.36. The lowest BCUT2D eigenvalue weighted by Gasteiger charge is -2.12. The number of hydrogen-bond acceptors (Lipinski definition) is 5. The van der Waals surface area contributed by atoms with Crippen molar-refractivity contribution in [3.8, 4) is 5.75 Å². The van der Waals surface area contributed by atoms with Gasteiger partial charge in [-0.25, -0.2) is 8.42 Å². The van der Waals surface area contributed by atoms with E-state index >= 15 is 0 Å². The minimum atomic E-state index is -3.83. The van der Waals surface area contributed by atoms with Crippen molar-refractivity contribution in [2.75, 3.05) is 11.8 Å². The van der Waals surface area contributed by atoms with E-state index in [0.717, 1.165) is 11.1 Å². The first-order valence-electron chi connectivity index (χ1n) is 10.5. The minimum Gasteiger partial charge on any atom is -0.495 e. The number of nitrogens with one attached hydrogen (secondary N) is 2. The molecule has 0 radical (unpaired) electrons. The molecule has 0 heterocycles. The summed E-state index contributed by atoms with van der Waals surface area (Å²) in [5.74, 6) is 0.126. The van der Waals surface area contributed by atoms with Gasteiger partial charge in [0.1, 0.15) is 5.75 Å². The van der Waals surface area contributed by atoms with Crippen LogP contribution in [0.15, 0.2) is 77.7 Å². The summed E-state index contributed by atoms with van der Waals surface area (Å²) >= 11 is 0. The second-order valence-corrected chi connectivity index (χ2v) is 9.37. The summed E-state index contributed by atoms with van der Waals surface area (Å²) in [5, 5.41) is 2.85. The number of methoxy groups -OCH3 is 1. The van der Waals surface area contributed by atoms with Gasteiger partial charge in [-0.1, -0.05) is 36.4 Å². The zero-order valence-corrected chi connectivity index (χ0v) is 19.7. The monoisotopic (exact) mass is 468 g/mol. The highest BCUT2D eigenvalue weighted by Gasteiger charge is 2.17. The summed E-state index contributed by atoms with van der Waals surface area (Å²) in [6.07, 6.45) is 0.169. The fourth-order valence-corrected chi connectivity index (χ4v) is 4.09. The Kier molecular flexibility index (Phi) is 8.08. The van der Waals surface area contributed by atoms with Gasteiger partial charge in [0.2, 0.25) is 0 Å². The van der Waals surface area contributed by atoms with E-state index < -0.39 is 10.0 Å². The molecule has 0 aliphatic heterocycles. The number of rotatable bonds is 10. The number of benzene rings is 3. The molecule has 0 aromatic heterocycles. The average Bonchev–Trinajstić information content (AvgIpc) is 2.82. The van der Waals surface area contributed by atoms with Crippen LogP contribution in [0.5, 0.6) is 5.75 Å². The van der Waals surface area contributed by atoms with Crippen LogP contribution < -0.4 is 14.8 Å². The van der Waals surface area contributed by atoms with Gasteiger partial charge in [-0.3, -0.25) is 9.52 Å². The maximum Gasteiger partial charge on any atom is 0.262 e. The van der Waals surface area contributed by atoms with Gasteiger partial charge in [0, 0.05) is 12.1 Å². The molecular weight excluding hydrogens is 440 g/mol. The molecule has 33 heavy (non-hydrogen) atoms. The van der Waals surface area contributed by atoms with E-state index in [0.29, 0.717) is 30.2 Å². The molecule has 3 aromatic rings. The molecular formula is C25H28N2O5S. The normalized spacial score (nSPS) is 11.3. The number of sulfonamides is 1. The van der Waals surface area contributed by atoms with Gasteiger partial charge in [-0.2, -0.15) is 0 Å². The Morgan fingerprint density at radius 3 is 2.18 bits per heavy atom. The van der Waals surface area contributed by atoms with Gasteiger partial charge in [-0.15, -0.1) is 0 Å². The predicted molar refractivity (Wildman–Crippen MR) is 128 cm³/mol. The van der Waals surface area contributed by atoms with Gasteiger partial charge in [0.25, 0.3) is 15.9 Å². The fraction of sp³-hybridized carbons (Fsp3) is 0.240. The molecule has 0 bridgehead atoms. The molecule has 2 N–H and O–H groups in total. The molecule has 0 saturated heterocycles. The fourth-order valence-electron chi connectivity index (χ4n) is 3.02. The number of hydrogen-bond donors (Lipinski definition) is 2. The average molecular weight is 469 g/mol. The zero-order valence-electron chi connectivity index (χ0n) is 18.9. The van der Waals surface area contributed by atoms with Gasteiger partial charge >= 0.3 is 0 Å². The smallest absolute Gasteiger partial charge is 0.262 e. The predicted octanol–water partition coefficient (Wildman–Crippen LogP) is 4.35. The molecule has 0 saturated carbocycles. The molecule has 0 aliphatic carbocycles. The standard InChI is InChI=1S/C25H28N2O5S/c1-18(2)32-17-20-10-8-19(9-11-20)16-26-25(28)21-12-14-22(15-13-21)33(29,30)27-23-6-4-5-7-24(23)31-3/h4-15,18,27H,16-17H2,1-3H3,(H,26,28). The molecule has 174 valence electrons. The van der Waals surface area contributed by atoms with Crippen molar-refractivity contribution < 1.29 is 22.7 Å². The Morgan fingerprint density at radius 1 is 0.909 bits per heavy atom. The maximum atomic E-state index is 12.7. The molecule has 0 fully saturated rings. The van der Waals surface area contributed by atoms with E-state index in [2.05, 4.69) is 10.0 Å². The van der Waals surface area contributed by atoms with Crippen molar-refractivity contribution in [3.05, 3.63) is 89.5 Å². The molecule has 1 amide bonds. The Labute approximate surface area is 194 Å². The second kappa shape index (κ2) is 11.0. The number of para-hydroxylation sites is 2. The van der Waals surface area contributed by atoms with Crippen LogP contribution in [0.2, 0.25) is 0 Å². The van der Waals surface area contributed by atoms with Crippen LogP contribution >= 0.6 is 0 Å². The van der Waals surface area contributed by atoms with Gasteiger partial charge < -0.3 is 14.8 Å². The summed E-state index contributed by atoms with van der Waals surface area (Å²) in [6.45, 7) is 4.89. The van der Waals surface area contributed by atoms with Crippen LogP contribution in [0.3, 0.4) is 0 Å². The van der Waals surface area contributed by atoms with Crippen LogP contribution in [0.25, 0.3) is 0 Å². The first kappa shape index (κ1) is 24.3. The third kappa shape index (κ3) is 6.81. The summed E-state index contributed by atoms with van der Waals surface area (Å²) in [7, 11) is -2.36. The van der Waals surface area contributed by atoms with Crippen LogP contribution in [-0.2, 0) is 27.9 Å². The highest BCUT2D eigenvalue weighted by atomic mass is 32.2. The van der Waals surface area contributed by atoms with Crippen molar-refractivity contribution in [2.24, 2.45) is 0 Å². The highest BCUT2D eigenvalue weighted by molar-refractivity contribution is 7.92. The first-order chi connectivity index (χ1) is 15.8. The van der Waals surface area contributed by atoms with Crippen molar-refractivity contribution >= 4 is 21.6 Å². The first-order valence-corrected chi connectivity index (χ1v) is 12.0. The van der Waals surface area contributed by atoms with E-state index in [9.17, 15) is 13.2 Å². The maximum absolute atomic E-state index is 12.7. The quantitative estimate of drug-likeness (QED) is 0.461. The molecule has 3 rings (SSSR count). The summed E-state index contributed by atoms with van der Waals surface area (Å²) in [6, 6.07) is 20.3. The number of ether oxygens (including phenoxy) is 2. The van der Waals surface area contributed by atoms with Crippen molar-refractivity contribution in [1.82, 2.24) is 5.32 Å². The van der Waals surface area contributed by atoms with Gasteiger partial charge in [0.05, 0.1) is 30.4 Å². The van der Waals surface area contributed by atoms with Gasteiger partial charge in [-0.05, 0) is 61.4 Å². The second-order valence-electron chi connectivity index (χ2n) is 7.69.